The summed E-state index contributed by atoms with van der Waals surface area (Å²) in [5.41, 5.74) is 0.400. The minimum Gasteiger partial charge on any atom is -0.480 e. The zero-order chi connectivity index (χ0) is 18.4. The van der Waals surface area contributed by atoms with Crippen LogP contribution < -0.4 is 10.0 Å². The molecule has 3 N–H and O–H groups in total. The van der Waals surface area contributed by atoms with Crippen molar-refractivity contribution in [3.05, 3.63) is 47.3 Å². The summed E-state index contributed by atoms with van der Waals surface area (Å²) in [5.74, 6) is -1.68. The Kier molecular flexibility index (Phi) is 6.16. The predicted octanol–water partition coefficient (Wildman–Crippen LogP) is 2.53. The number of anilines is 1. The monoisotopic (exact) mass is 382 g/mol. The first-order valence-electron chi connectivity index (χ1n) is 7.53. The molecule has 2 rings (SSSR count). The highest BCUT2D eigenvalue weighted by molar-refractivity contribution is 7.94. The van der Waals surface area contributed by atoms with Gasteiger partial charge < -0.3 is 10.4 Å². The number of hydrogen-bond donors (Lipinski definition) is 3. The summed E-state index contributed by atoms with van der Waals surface area (Å²) >= 11 is 1.08. The smallest absolute Gasteiger partial charge is 0.326 e. The van der Waals surface area contributed by atoms with Gasteiger partial charge in [-0.3, -0.25) is 9.52 Å². The first kappa shape index (κ1) is 18.9. The van der Waals surface area contributed by atoms with Crippen LogP contribution in [0.5, 0.6) is 0 Å². The SMILES string of the molecule is CCC[C@@H](NC(=O)c1cccc(NS(=O)(=O)c2cccs2)c1)C(=O)O. The number of carboxylic acids is 1. The molecule has 134 valence electrons. The minimum absolute atomic E-state index is 0.163. The number of nitrogens with one attached hydrogen (secondary N) is 2. The van der Waals surface area contributed by atoms with Crippen molar-refractivity contribution < 1.29 is 23.1 Å². The highest BCUT2D eigenvalue weighted by atomic mass is 32.2. The Labute approximate surface area is 149 Å². The molecule has 0 aliphatic heterocycles. The lowest BCUT2D eigenvalue weighted by molar-refractivity contribution is -0.139. The fourth-order valence-corrected chi connectivity index (χ4v) is 4.18. The Hall–Kier alpha value is -2.39. The Morgan fingerprint density at radius 3 is 2.60 bits per heavy atom. The van der Waals surface area contributed by atoms with Crippen LogP contribution in [0.4, 0.5) is 5.69 Å². The summed E-state index contributed by atoms with van der Waals surface area (Å²) in [6.07, 6.45) is 0.920. The van der Waals surface area contributed by atoms with Crippen molar-refractivity contribution in [1.82, 2.24) is 5.32 Å². The lowest BCUT2D eigenvalue weighted by Gasteiger charge is -2.14. The maximum absolute atomic E-state index is 12.2. The third kappa shape index (κ3) is 5.04. The van der Waals surface area contributed by atoms with E-state index in [2.05, 4.69) is 10.0 Å². The molecule has 0 unspecified atom stereocenters. The van der Waals surface area contributed by atoms with Gasteiger partial charge in [-0.15, -0.1) is 11.3 Å². The fourth-order valence-electron chi connectivity index (χ4n) is 2.13. The van der Waals surface area contributed by atoms with Crippen LogP contribution in [-0.2, 0) is 14.8 Å². The number of hydrogen-bond acceptors (Lipinski definition) is 5. The van der Waals surface area contributed by atoms with Crippen LogP contribution in [-0.4, -0.2) is 31.4 Å². The summed E-state index contributed by atoms with van der Waals surface area (Å²) < 4.78 is 27.0. The van der Waals surface area contributed by atoms with E-state index in [1.807, 2.05) is 6.92 Å². The minimum atomic E-state index is -3.71. The van der Waals surface area contributed by atoms with Crippen LogP contribution in [0.15, 0.2) is 46.0 Å². The molecule has 0 aliphatic carbocycles. The highest BCUT2D eigenvalue weighted by Crippen LogP contribution is 2.20. The molecule has 0 saturated carbocycles. The second kappa shape index (κ2) is 8.13. The van der Waals surface area contributed by atoms with Crippen LogP contribution in [0.25, 0.3) is 0 Å². The number of rotatable bonds is 8. The molecule has 7 nitrogen and oxygen atoms in total. The van der Waals surface area contributed by atoms with Crippen molar-refractivity contribution in [3.63, 3.8) is 0 Å². The summed E-state index contributed by atoms with van der Waals surface area (Å²) in [5, 5.41) is 13.2. The van der Waals surface area contributed by atoms with Crippen molar-refractivity contribution in [1.29, 1.82) is 0 Å². The van der Waals surface area contributed by atoms with E-state index in [-0.39, 0.29) is 15.5 Å². The number of amides is 1. The summed E-state index contributed by atoms with van der Waals surface area (Å²) in [7, 11) is -3.71. The largest absolute Gasteiger partial charge is 0.480 e. The van der Waals surface area contributed by atoms with E-state index in [1.54, 1.807) is 11.4 Å². The highest BCUT2D eigenvalue weighted by Gasteiger charge is 2.20. The number of carbonyl (C=O) groups excluding carboxylic acids is 1. The number of carboxylic acid groups (broad SMARTS) is 1. The van der Waals surface area contributed by atoms with Crippen LogP contribution >= 0.6 is 11.3 Å². The Morgan fingerprint density at radius 1 is 1.24 bits per heavy atom. The van der Waals surface area contributed by atoms with Gasteiger partial charge in [-0.05, 0) is 36.1 Å². The van der Waals surface area contributed by atoms with E-state index in [0.717, 1.165) is 11.3 Å². The Balaban J connectivity index is 2.15. The van der Waals surface area contributed by atoms with Gasteiger partial charge in [0.15, 0.2) is 0 Å². The molecule has 0 radical (unpaired) electrons. The third-order valence-corrected chi connectivity index (χ3v) is 6.10. The predicted molar refractivity (Wildman–Crippen MR) is 95.4 cm³/mol. The zero-order valence-electron chi connectivity index (χ0n) is 13.4. The molecule has 1 aromatic carbocycles. The third-order valence-electron chi connectivity index (χ3n) is 3.32. The summed E-state index contributed by atoms with van der Waals surface area (Å²) in [4.78, 5) is 23.4. The molecular weight excluding hydrogens is 364 g/mol. The van der Waals surface area contributed by atoms with Gasteiger partial charge in [0.05, 0.1) is 0 Å². The topological polar surface area (TPSA) is 113 Å². The molecule has 9 heteroatoms. The number of sulfonamides is 1. The van der Waals surface area contributed by atoms with Gasteiger partial charge in [0, 0.05) is 11.3 Å². The number of thiophene rings is 1. The van der Waals surface area contributed by atoms with Crippen LogP contribution in [0.3, 0.4) is 0 Å². The molecule has 25 heavy (non-hydrogen) atoms. The molecule has 1 aromatic heterocycles. The van der Waals surface area contributed by atoms with Gasteiger partial charge >= 0.3 is 5.97 Å². The van der Waals surface area contributed by atoms with Crippen LogP contribution in [0.1, 0.15) is 30.1 Å². The quantitative estimate of drug-likeness (QED) is 0.649. The van der Waals surface area contributed by atoms with Gasteiger partial charge in [0.1, 0.15) is 10.3 Å². The lowest BCUT2D eigenvalue weighted by Crippen LogP contribution is -2.40. The van der Waals surface area contributed by atoms with Crippen molar-refractivity contribution in [2.45, 2.75) is 30.0 Å². The van der Waals surface area contributed by atoms with E-state index in [0.29, 0.717) is 12.8 Å². The molecule has 1 atom stereocenters. The van der Waals surface area contributed by atoms with E-state index in [9.17, 15) is 18.0 Å². The van der Waals surface area contributed by atoms with Crippen molar-refractivity contribution in [2.75, 3.05) is 4.72 Å². The first-order valence-corrected chi connectivity index (χ1v) is 9.90. The Bertz CT molecular complexity index is 847. The van der Waals surface area contributed by atoms with Crippen LogP contribution in [0.2, 0.25) is 0 Å². The van der Waals surface area contributed by atoms with E-state index < -0.39 is 27.9 Å². The zero-order valence-corrected chi connectivity index (χ0v) is 15.1. The van der Waals surface area contributed by atoms with Crippen LogP contribution in [0, 0.1) is 0 Å². The molecule has 1 amide bonds. The van der Waals surface area contributed by atoms with Crippen molar-refractivity contribution in [3.8, 4) is 0 Å². The maximum Gasteiger partial charge on any atom is 0.326 e. The van der Waals surface area contributed by atoms with Crippen molar-refractivity contribution in [2.24, 2.45) is 0 Å². The molecule has 1 heterocycles. The standard InChI is InChI=1S/C16H18N2O5S2/c1-2-5-13(16(20)21)17-15(19)11-6-3-7-12(10-11)18-25(22,23)14-8-4-9-24-14/h3-4,6-10,13,18H,2,5H2,1H3,(H,17,19)(H,20,21)/t13-/m1/s1. The lowest BCUT2D eigenvalue weighted by atomic mass is 10.1. The number of benzene rings is 1. The number of aliphatic carboxylic acids is 1. The second-order valence-corrected chi connectivity index (χ2v) is 8.13. The molecule has 0 spiro atoms. The molecule has 0 fully saturated rings. The molecule has 2 aromatic rings. The first-order chi connectivity index (χ1) is 11.8. The Morgan fingerprint density at radius 2 is 2.00 bits per heavy atom. The summed E-state index contributed by atoms with van der Waals surface area (Å²) in [6, 6.07) is 8.02. The van der Waals surface area contributed by atoms with Gasteiger partial charge in [-0.25, -0.2) is 13.2 Å². The van der Waals surface area contributed by atoms with Gasteiger partial charge in [-0.1, -0.05) is 25.5 Å². The molecular formula is C16H18N2O5S2. The maximum atomic E-state index is 12.2. The van der Waals surface area contributed by atoms with Gasteiger partial charge in [0.25, 0.3) is 15.9 Å². The van der Waals surface area contributed by atoms with E-state index in [1.165, 1.54) is 30.3 Å². The molecule has 0 aliphatic rings. The summed E-state index contributed by atoms with van der Waals surface area (Å²) in [6.45, 7) is 1.82. The van der Waals surface area contributed by atoms with Gasteiger partial charge in [0.2, 0.25) is 0 Å². The van der Waals surface area contributed by atoms with Gasteiger partial charge in [-0.2, -0.15) is 0 Å². The average molecular weight is 382 g/mol. The number of carbonyl (C=O) groups is 2. The fraction of sp³-hybridized carbons (Fsp3) is 0.250. The normalized spacial score (nSPS) is 12.4. The molecule has 0 bridgehead atoms. The second-order valence-electron chi connectivity index (χ2n) is 5.27. The van der Waals surface area contributed by atoms with Crippen molar-refractivity contribution >= 4 is 38.9 Å². The molecule has 0 saturated heterocycles. The van der Waals surface area contributed by atoms with E-state index in [4.69, 9.17) is 5.11 Å². The van der Waals surface area contributed by atoms with E-state index >= 15 is 0 Å². The average Bonchev–Trinajstić information content (AvgIpc) is 3.09.